The third-order valence-corrected chi connectivity index (χ3v) is 4.64. The smallest absolute Gasteiger partial charge is 0.265 e. The van der Waals surface area contributed by atoms with Crippen LogP contribution < -0.4 is 0 Å². The lowest BCUT2D eigenvalue weighted by Gasteiger charge is -2.27. The van der Waals surface area contributed by atoms with Crippen molar-refractivity contribution in [3.8, 4) is 0 Å². The van der Waals surface area contributed by atoms with E-state index in [0.29, 0.717) is 10.0 Å². The fraction of sp³-hybridized carbons (Fsp3) is 0.812. The molecule has 0 radical (unpaired) electrons. The van der Waals surface area contributed by atoms with Crippen molar-refractivity contribution in [1.82, 2.24) is 4.98 Å². The van der Waals surface area contributed by atoms with Gasteiger partial charge in [-0.3, -0.25) is 0 Å². The summed E-state index contributed by atoms with van der Waals surface area (Å²) >= 11 is 9.50. The first-order valence-electron chi connectivity index (χ1n) is 7.85. The Balaban J connectivity index is 2.68. The minimum absolute atomic E-state index is 0.0365. The van der Waals surface area contributed by atoms with Gasteiger partial charge in [-0.2, -0.15) is 0 Å². The molecule has 0 fully saturated rings. The van der Waals surface area contributed by atoms with Gasteiger partial charge in [-0.25, -0.2) is 4.98 Å². The van der Waals surface area contributed by atoms with Crippen LogP contribution in [0.5, 0.6) is 0 Å². The average Bonchev–Trinajstić information content (AvgIpc) is 2.76. The van der Waals surface area contributed by atoms with Crippen molar-refractivity contribution in [2.45, 2.75) is 84.0 Å². The zero-order valence-corrected chi connectivity index (χ0v) is 15.3. The highest BCUT2D eigenvalue weighted by atomic mass is 79.9. The van der Waals surface area contributed by atoms with E-state index >= 15 is 0 Å². The van der Waals surface area contributed by atoms with Gasteiger partial charge in [-0.15, -0.1) is 0 Å². The standard InChI is InChI=1S/C16H27BrClNO/c1-4-6-8-9-10-12-16(3,11-7-5-2)13-14(18)20-15(17)19-13/h4-12H2,1-3H3. The number of oxazole rings is 1. The average molecular weight is 365 g/mol. The molecule has 1 aromatic heterocycles. The van der Waals surface area contributed by atoms with Crippen LogP contribution in [-0.2, 0) is 5.41 Å². The van der Waals surface area contributed by atoms with Gasteiger partial charge in [-0.05, 0) is 24.4 Å². The molecule has 1 unspecified atom stereocenters. The first-order chi connectivity index (χ1) is 9.53. The van der Waals surface area contributed by atoms with Gasteiger partial charge in [0.1, 0.15) is 5.69 Å². The summed E-state index contributed by atoms with van der Waals surface area (Å²) in [5, 5.41) is 0.448. The number of unbranched alkanes of at least 4 members (excludes halogenated alkanes) is 5. The number of halogens is 2. The number of rotatable bonds is 10. The molecule has 0 N–H and O–H groups in total. The van der Waals surface area contributed by atoms with Crippen molar-refractivity contribution in [3.05, 3.63) is 15.7 Å². The maximum Gasteiger partial charge on any atom is 0.265 e. The molecule has 0 aliphatic rings. The van der Waals surface area contributed by atoms with Crippen LogP contribution in [0.4, 0.5) is 0 Å². The number of hydrogen-bond acceptors (Lipinski definition) is 2. The Bertz CT molecular complexity index is 394. The van der Waals surface area contributed by atoms with Gasteiger partial charge >= 0.3 is 0 Å². The van der Waals surface area contributed by atoms with Crippen LogP contribution >= 0.6 is 27.5 Å². The molecule has 2 nitrogen and oxygen atoms in total. The first-order valence-corrected chi connectivity index (χ1v) is 9.03. The van der Waals surface area contributed by atoms with Gasteiger partial charge in [0.15, 0.2) is 0 Å². The summed E-state index contributed by atoms with van der Waals surface area (Å²) in [5.41, 5.74) is 0.962. The molecule has 1 aromatic rings. The van der Waals surface area contributed by atoms with Gasteiger partial charge < -0.3 is 4.42 Å². The number of nitrogens with zero attached hydrogens (tertiary/aromatic N) is 1. The maximum absolute atomic E-state index is 6.21. The van der Waals surface area contributed by atoms with E-state index in [2.05, 4.69) is 41.7 Å². The Morgan fingerprint density at radius 3 is 2.20 bits per heavy atom. The van der Waals surface area contributed by atoms with Crippen LogP contribution in [0.25, 0.3) is 0 Å². The summed E-state index contributed by atoms with van der Waals surface area (Å²) in [6.45, 7) is 6.75. The van der Waals surface area contributed by atoms with Crippen molar-refractivity contribution in [3.63, 3.8) is 0 Å². The highest BCUT2D eigenvalue weighted by molar-refractivity contribution is 9.10. The second kappa shape index (κ2) is 9.09. The molecule has 0 aliphatic carbocycles. The van der Waals surface area contributed by atoms with Crippen molar-refractivity contribution in [2.24, 2.45) is 0 Å². The molecule has 0 aromatic carbocycles. The summed E-state index contributed by atoms with van der Waals surface area (Å²) < 4.78 is 5.36. The zero-order chi connectivity index (χ0) is 15.0. The fourth-order valence-electron chi connectivity index (χ4n) is 2.70. The third-order valence-electron chi connectivity index (χ3n) is 4.05. The monoisotopic (exact) mass is 363 g/mol. The van der Waals surface area contributed by atoms with Crippen LogP contribution in [0.15, 0.2) is 9.22 Å². The molecule has 0 spiro atoms. The third kappa shape index (κ3) is 5.40. The Hall–Kier alpha value is -0.0200. The minimum atomic E-state index is 0.0365. The second-order valence-corrected chi connectivity index (χ2v) is 6.94. The van der Waals surface area contributed by atoms with Gasteiger partial charge in [0, 0.05) is 21.3 Å². The van der Waals surface area contributed by atoms with E-state index in [-0.39, 0.29) is 5.41 Å². The second-order valence-electron chi connectivity index (χ2n) is 5.92. The van der Waals surface area contributed by atoms with Crippen molar-refractivity contribution in [2.75, 3.05) is 0 Å². The fourth-order valence-corrected chi connectivity index (χ4v) is 3.47. The summed E-state index contributed by atoms with van der Waals surface area (Å²) in [4.78, 5) is 4.96. The lowest BCUT2D eigenvalue weighted by molar-refractivity contribution is 0.358. The Kier molecular flexibility index (Phi) is 8.20. The Labute approximate surface area is 136 Å². The SMILES string of the molecule is CCCCCCCC(C)(CCCC)c1nc(Br)oc1Cl. The van der Waals surface area contributed by atoms with E-state index in [4.69, 9.17) is 16.0 Å². The van der Waals surface area contributed by atoms with Crippen LogP contribution in [0, 0.1) is 0 Å². The van der Waals surface area contributed by atoms with E-state index in [1.807, 2.05) is 0 Å². The lowest BCUT2D eigenvalue weighted by atomic mass is 9.77. The van der Waals surface area contributed by atoms with Crippen molar-refractivity contribution >= 4 is 27.5 Å². The van der Waals surface area contributed by atoms with Crippen LogP contribution in [0.2, 0.25) is 5.22 Å². The van der Waals surface area contributed by atoms with Gasteiger partial charge in [0.05, 0.1) is 0 Å². The largest absolute Gasteiger partial charge is 0.419 e. The topological polar surface area (TPSA) is 26.0 Å². The number of hydrogen-bond donors (Lipinski definition) is 0. The highest BCUT2D eigenvalue weighted by Crippen LogP contribution is 2.39. The molecule has 0 saturated heterocycles. The zero-order valence-electron chi connectivity index (χ0n) is 13.0. The summed E-state index contributed by atoms with van der Waals surface area (Å²) in [6, 6.07) is 0. The molecule has 0 aliphatic heterocycles. The molecule has 1 heterocycles. The van der Waals surface area contributed by atoms with Crippen molar-refractivity contribution < 1.29 is 4.42 Å². The molecule has 4 heteroatoms. The molecule has 0 bridgehead atoms. The van der Waals surface area contributed by atoms with E-state index < -0.39 is 0 Å². The molecule has 1 atom stereocenters. The van der Waals surface area contributed by atoms with Crippen LogP contribution in [0.1, 0.15) is 84.3 Å². The minimum Gasteiger partial charge on any atom is -0.419 e. The van der Waals surface area contributed by atoms with Gasteiger partial charge in [-0.1, -0.05) is 65.7 Å². The number of aromatic nitrogens is 1. The molecule has 20 heavy (non-hydrogen) atoms. The Morgan fingerprint density at radius 1 is 1.05 bits per heavy atom. The first kappa shape index (κ1) is 18.0. The van der Waals surface area contributed by atoms with Gasteiger partial charge in [0.25, 0.3) is 4.80 Å². The summed E-state index contributed by atoms with van der Waals surface area (Å²) in [6.07, 6.45) is 11.1. The molecule has 0 amide bonds. The highest BCUT2D eigenvalue weighted by Gasteiger charge is 2.32. The Morgan fingerprint density at radius 2 is 1.65 bits per heavy atom. The molecular formula is C16H27BrClNO. The molecule has 1 rings (SSSR count). The van der Waals surface area contributed by atoms with Crippen LogP contribution in [0.3, 0.4) is 0 Å². The summed E-state index contributed by atoms with van der Waals surface area (Å²) in [7, 11) is 0. The predicted molar refractivity (Wildman–Crippen MR) is 89.5 cm³/mol. The quantitative estimate of drug-likeness (QED) is 0.422. The summed E-state index contributed by atoms with van der Waals surface area (Å²) in [5.74, 6) is 0. The predicted octanol–water partition coefficient (Wildman–Crippen LogP) is 6.90. The molecule has 0 saturated carbocycles. The van der Waals surface area contributed by atoms with E-state index in [0.717, 1.165) is 18.5 Å². The normalized spacial score (nSPS) is 14.4. The van der Waals surface area contributed by atoms with E-state index in [1.165, 1.54) is 44.9 Å². The van der Waals surface area contributed by atoms with E-state index in [9.17, 15) is 0 Å². The lowest BCUT2D eigenvalue weighted by Crippen LogP contribution is -2.23. The van der Waals surface area contributed by atoms with Crippen LogP contribution in [-0.4, -0.2) is 4.98 Å². The van der Waals surface area contributed by atoms with Gasteiger partial charge in [0.2, 0.25) is 5.22 Å². The van der Waals surface area contributed by atoms with E-state index in [1.54, 1.807) is 0 Å². The molecule has 116 valence electrons. The molecular weight excluding hydrogens is 338 g/mol. The maximum atomic E-state index is 6.21. The van der Waals surface area contributed by atoms with Crippen molar-refractivity contribution in [1.29, 1.82) is 0 Å².